The molecule has 0 bridgehead atoms. The lowest BCUT2D eigenvalue weighted by molar-refractivity contribution is 0.0965. The normalized spacial score (nSPS) is 23.5. The third-order valence-electron chi connectivity index (χ3n) is 7.54. The van der Waals surface area contributed by atoms with E-state index in [1.54, 1.807) is 0 Å². The van der Waals surface area contributed by atoms with Crippen molar-refractivity contribution in [3.63, 3.8) is 0 Å². The Morgan fingerprint density at radius 1 is 1.24 bits per heavy atom. The Kier molecular flexibility index (Phi) is 6.25. The Labute approximate surface area is 201 Å². The Morgan fingerprint density at radius 2 is 2.00 bits per heavy atom. The van der Waals surface area contributed by atoms with Crippen LogP contribution in [0.5, 0.6) is 5.75 Å². The largest absolute Gasteiger partial charge is 0.493 e. The zero-order chi connectivity index (χ0) is 23.9. The maximum absolute atomic E-state index is 15.2. The highest BCUT2D eigenvalue weighted by Gasteiger charge is 2.48. The average Bonchev–Trinajstić information content (AvgIpc) is 3.52. The zero-order valence-electron chi connectivity index (χ0n) is 20.5. The summed E-state index contributed by atoms with van der Waals surface area (Å²) < 4.78 is 21.3. The first-order valence-corrected chi connectivity index (χ1v) is 12.4. The molecule has 0 radical (unpaired) electrons. The quantitative estimate of drug-likeness (QED) is 0.372. The van der Waals surface area contributed by atoms with Crippen LogP contribution in [0, 0.1) is 6.92 Å². The van der Waals surface area contributed by atoms with Crippen LogP contribution in [0.4, 0.5) is 15.8 Å². The maximum Gasteiger partial charge on any atom is 0.126 e. The maximum atomic E-state index is 15.2. The second-order valence-electron chi connectivity index (χ2n) is 10.0. The Morgan fingerprint density at radius 3 is 2.65 bits per heavy atom. The molecule has 0 amide bonds. The summed E-state index contributed by atoms with van der Waals surface area (Å²) >= 11 is 0. The molecular weight excluding hydrogens is 429 g/mol. The molecule has 6 nitrogen and oxygen atoms in total. The second-order valence-corrected chi connectivity index (χ2v) is 10.0. The highest BCUT2D eigenvalue weighted by Crippen LogP contribution is 2.48. The molecule has 2 heterocycles. The van der Waals surface area contributed by atoms with Crippen molar-refractivity contribution in [3.8, 4) is 5.75 Å². The van der Waals surface area contributed by atoms with Crippen molar-refractivity contribution in [2.24, 2.45) is 5.10 Å². The minimum Gasteiger partial charge on any atom is -0.493 e. The van der Waals surface area contributed by atoms with Gasteiger partial charge in [0.15, 0.2) is 0 Å². The number of fused-ring (bicyclic) bond motifs is 1. The van der Waals surface area contributed by atoms with Gasteiger partial charge in [-0.15, -0.1) is 0 Å². The Balaban J connectivity index is 1.60. The number of hydrazone groups is 1. The van der Waals surface area contributed by atoms with Gasteiger partial charge < -0.3 is 15.4 Å². The average molecular weight is 466 g/mol. The molecule has 7 heteroatoms. The van der Waals surface area contributed by atoms with E-state index in [9.17, 15) is 0 Å². The lowest BCUT2D eigenvalue weighted by Crippen LogP contribution is -2.51. The number of ether oxygens (including phenoxy) is 1. The van der Waals surface area contributed by atoms with E-state index >= 15 is 4.39 Å². The third-order valence-corrected chi connectivity index (χ3v) is 7.54. The minimum atomic E-state index is -1.07. The molecule has 2 fully saturated rings. The van der Waals surface area contributed by atoms with Gasteiger partial charge in [-0.2, -0.15) is 5.10 Å². The molecular formula is C27H36FN5O. The summed E-state index contributed by atoms with van der Waals surface area (Å²) in [7, 11) is 0. The number of halogens is 1. The van der Waals surface area contributed by atoms with Crippen LogP contribution in [0.3, 0.4) is 0 Å². The van der Waals surface area contributed by atoms with Gasteiger partial charge in [-0.1, -0.05) is 12.1 Å². The molecule has 3 aliphatic rings. The molecule has 2 aromatic carbocycles. The van der Waals surface area contributed by atoms with Crippen LogP contribution in [-0.4, -0.2) is 55.6 Å². The molecule has 34 heavy (non-hydrogen) atoms. The number of nitrogens with zero attached hydrogens (tertiary/aromatic N) is 2. The topological polar surface area (TPSA) is 60.9 Å². The molecule has 1 saturated carbocycles. The van der Waals surface area contributed by atoms with Gasteiger partial charge in [0.2, 0.25) is 0 Å². The molecule has 0 spiro atoms. The fraction of sp³-hybridized carbons (Fsp3) is 0.519. The molecule has 1 saturated heterocycles. The number of hydrogen-bond donors (Lipinski definition) is 3. The zero-order valence-corrected chi connectivity index (χ0v) is 20.5. The number of rotatable bonds is 9. The standard InChI is InChI=1S/C27H36FN5O/c1-5-34-25-13-19(31-20-14-30-15-20)6-7-22(25)26-21-8-9-24(32-29-4)18(3)23(21)12-17(2)33(26)16-27(28)10-11-27/h6-9,13,17,20,26,30-32H,4-5,10-12,14-16H2,1-3H3/t17-,26+/m1/s1. The molecule has 2 atom stereocenters. The number of anilines is 2. The van der Waals surface area contributed by atoms with Crippen LogP contribution in [0.1, 0.15) is 55.0 Å². The molecule has 1 aliphatic carbocycles. The van der Waals surface area contributed by atoms with E-state index in [4.69, 9.17) is 4.74 Å². The minimum absolute atomic E-state index is 0.0719. The molecule has 2 aliphatic heterocycles. The predicted molar refractivity (Wildman–Crippen MR) is 137 cm³/mol. The number of alkyl halides is 1. The predicted octanol–water partition coefficient (Wildman–Crippen LogP) is 4.64. The SMILES string of the molecule is C=NNc1ccc2c(c1C)C[C@@H](C)N(CC1(F)CC1)[C@@H]2c1ccc(NC2CNC2)cc1OCC. The summed E-state index contributed by atoms with van der Waals surface area (Å²) in [5, 5.41) is 10.8. The first-order valence-electron chi connectivity index (χ1n) is 12.4. The van der Waals surface area contributed by atoms with Crippen molar-refractivity contribution in [2.75, 3.05) is 37.0 Å². The van der Waals surface area contributed by atoms with Gasteiger partial charge >= 0.3 is 0 Å². The van der Waals surface area contributed by atoms with E-state index in [2.05, 4.69) is 77.0 Å². The highest BCUT2D eigenvalue weighted by molar-refractivity contribution is 5.61. The monoisotopic (exact) mass is 465 g/mol. The van der Waals surface area contributed by atoms with E-state index in [1.807, 2.05) is 6.92 Å². The van der Waals surface area contributed by atoms with Crippen LogP contribution in [0.15, 0.2) is 35.4 Å². The van der Waals surface area contributed by atoms with Gasteiger partial charge in [-0.3, -0.25) is 10.3 Å². The number of nitrogens with one attached hydrogen (secondary N) is 3. The van der Waals surface area contributed by atoms with Crippen LogP contribution >= 0.6 is 0 Å². The van der Waals surface area contributed by atoms with Gasteiger partial charge in [0.25, 0.3) is 0 Å². The smallest absolute Gasteiger partial charge is 0.126 e. The first kappa shape index (κ1) is 23.1. The summed E-state index contributed by atoms with van der Waals surface area (Å²) in [6.07, 6.45) is 2.18. The summed E-state index contributed by atoms with van der Waals surface area (Å²) in [5.41, 5.74) is 8.78. The van der Waals surface area contributed by atoms with Crippen molar-refractivity contribution in [2.45, 2.75) is 63.8 Å². The number of hydrogen-bond acceptors (Lipinski definition) is 6. The van der Waals surface area contributed by atoms with Crippen LogP contribution < -0.4 is 20.8 Å². The first-order chi connectivity index (χ1) is 16.4. The van der Waals surface area contributed by atoms with Crippen molar-refractivity contribution >= 4 is 18.1 Å². The Hall–Kier alpha value is -2.64. The fourth-order valence-corrected chi connectivity index (χ4v) is 5.33. The van der Waals surface area contributed by atoms with Crippen molar-refractivity contribution < 1.29 is 9.13 Å². The van der Waals surface area contributed by atoms with Crippen LogP contribution in [-0.2, 0) is 6.42 Å². The summed E-state index contributed by atoms with van der Waals surface area (Å²) in [4.78, 5) is 2.36. The van der Waals surface area contributed by atoms with Gasteiger partial charge in [-0.25, -0.2) is 4.39 Å². The van der Waals surface area contributed by atoms with E-state index in [1.165, 1.54) is 16.7 Å². The molecule has 3 N–H and O–H groups in total. The molecule has 182 valence electrons. The second kappa shape index (κ2) is 9.19. The lowest BCUT2D eigenvalue weighted by Gasteiger charge is -2.44. The Bertz CT molecular complexity index is 1070. The van der Waals surface area contributed by atoms with E-state index in [0.717, 1.165) is 42.2 Å². The van der Waals surface area contributed by atoms with Gasteiger partial charge in [0, 0.05) is 49.7 Å². The van der Waals surface area contributed by atoms with Gasteiger partial charge in [0.05, 0.1) is 24.4 Å². The fourth-order valence-electron chi connectivity index (χ4n) is 5.33. The van der Waals surface area contributed by atoms with Gasteiger partial charge in [0.1, 0.15) is 11.4 Å². The summed E-state index contributed by atoms with van der Waals surface area (Å²) in [6, 6.07) is 11.2. The van der Waals surface area contributed by atoms with Crippen LogP contribution in [0.25, 0.3) is 0 Å². The summed E-state index contributed by atoms with van der Waals surface area (Å²) in [6.45, 7) is 12.9. The number of benzene rings is 2. The molecule has 0 unspecified atom stereocenters. The molecule has 0 aromatic heterocycles. The molecule has 2 aromatic rings. The van der Waals surface area contributed by atoms with Gasteiger partial charge in [-0.05, 0) is 68.9 Å². The highest BCUT2D eigenvalue weighted by atomic mass is 19.1. The van der Waals surface area contributed by atoms with E-state index < -0.39 is 5.67 Å². The molecule has 5 rings (SSSR count). The summed E-state index contributed by atoms with van der Waals surface area (Å²) in [5.74, 6) is 0.867. The van der Waals surface area contributed by atoms with Crippen LogP contribution in [0.2, 0.25) is 0 Å². The van der Waals surface area contributed by atoms with Crippen molar-refractivity contribution in [1.29, 1.82) is 0 Å². The van der Waals surface area contributed by atoms with Crippen molar-refractivity contribution in [1.82, 2.24) is 10.2 Å². The third kappa shape index (κ3) is 4.39. The van der Waals surface area contributed by atoms with Crippen molar-refractivity contribution in [3.05, 3.63) is 52.6 Å². The van der Waals surface area contributed by atoms with E-state index in [-0.39, 0.29) is 12.1 Å². The lowest BCUT2D eigenvalue weighted by atomic mass is 9.82. The van der Waals surface area contributed by atoms with E-state index in [0.29, 0.717) is 32.0 Å².